The van der Waals surface area contributed by atoms with Crippen LogP contribution in [0.25, 0.3) is 11.0 Å². The maximum absolute atomic E-state index is 4.51. The number of aromatic amines is 1. The number of nitrogens with one attached hydrogen (secondary N) is 3. The van der Waals surface area contributed by atoms with Crippen LogP contribution in [0.15, 0.2) is 60.9 Å². The van der Waals surface area contributed by atoms with E-state index in [0.29, 0.717) is 0 Å². The van der Waals surface area contributed by atoms with Gasteiger partial charge in [0, 0.05) is 23.1 Å². The van der Waals surface area contributed by atoms with Crippen LogP contribution in [0.4, 0.5) is 23.1 Å². The Balaban J connectivity index is 1.49. The predicted octanol–water partition coefficient (Wildman–Crippen LogP) is 4.15. The highest BCUT2D eigenvalue weighted by Crippen LogP contribution is 2.21. The quantitative estimate of drug-likeness (QED) is 0.527. The molecule has 0 radical (unpaired) electrons. The van der Waals surface area contributed by atoms with E-state index in [2.05, 4.69) is 30.6 Å². The van der Waals surface area contributed by atoms with Crippen LogP contribution in [0, 0.1) is 6.92 Å². The minimum absolute atomic E-state index is 0.725. The van der Waals surface area contributed by atoms with Crippen molar-refractivity contribution in [2.75, 3.05) is 10.6 Å². The Morgan fingerprint density at radius 3 is 2.38 bits per heavy atom. The predicted molar refractivity (Wildman–Crippen MR) is 95.9 cm³/mol. The van der Waals surface area contributed by atoms with E-state index in [0.717, 1.165) is 39.9 Å². The largest absolute Gasteiger partial charge is 0.340 e. The number of H-pyrrole nitrogens is 1. The molecule has 0 saturated heterocycles. The zero-order chi connectivity index (χ0) is 16.4. The molecule has 0 unspecified atom stereocenters. The third kappa shape index (κ3) is 3.03. The van der Waals surface area contributed by atoms with E-state index in [1.165, 1.54) is 0 Å². The van der Waals surface area contributed by atoms with Gasteiger partial charge >= 0.3 is 0 Å². The zero-order valence-electron chi connectivity index (χ0n) is 13.1. The van der Waals surface area contributed by atoms with Crippen LogP contribution < -0.4 is 10.6 Å². The summed E-state index contributed by atoms with van der Waals surface area (Å²) in [5.41, 5.74) is 4.80. The second-order valence-electron chi connectivity index (χ2n) is 5.47. The molecular formula is C18H16N6. The van der Waals surface area contributed by atoms with Crippen molar-refractivity contribution >= 4 is 34.2 Å². The molecule has 6 nitrogen and oxygen atoms in total. The third-order valence-corrected chi connectivity index (χ3v) is 3.61. The van der Waals surface area contributed by atoms with Crippen molar-refractivity contribution in [3.05, 3.63) is 66.6 Å². The van der Waals surface area contributed by atoms with Gasteiger partial charge in [-0.2, -0.15) is 0 Å². The Bertz CT molecular complexity index is 941. The summed E-state index contributed by atoms with van der Waals surface area (Å²) in [6.45, 7) is 1.94. The minimum atomic E-state index is 0.725. The van der Waals surface area contributed by atoms with Crippen LogP contribution in [-0.4, -0.2) is 19.9 Å². The van der Waals surface area contributed by atoms with Gasteiger partial charge in [-0.15, -0.1) is 0 Å². The van der Waals surface area contributed by atoms with Gasteiger partial charge in [0.25, 0.3) is 0 Å². The molecule has 0 atom stereocenters. The monoisotopic (exact) mass is 316 g/mol. The molecule has 4 rings (SSSR count). The molecule has 0 spiro atoms. The summed E-state index contributed by atoms with van der Waals surface area (Å²) in [6.07, 6.45) is 1.55. The first-order valence-corrected chi connectivity index (χ1v) is 7.64. The lowest BCUT2D eigenvalue weighted by Crippen LogP contribution is -1.96. The van der Waals surface area contributed by atoms with Gasteiger partial charge in [-0.1, -0.05) is 12.1 Å². The summed E-state index contributed by atoms with van der Waals surface area (Å²) < 4.78 is 0. The lowest BCUT2D eigenvalue weighted by atomic mass is 10.2. The fourth-order valence-electron chi connectivity index (χ4n) is 2.46. The number of nitrogens with zero attached hydrogens (tertiary/aromatic N) is 3. The van der Waals surface area contributed by atoms with Gasteiger partial charge in [-0.05, 0) is 43.3 Å². The van der Waals surface area contributed by atoms with E-state index in [9.17, 15) is 0 Å². The topological polar surface area (TPSA) is 78.5 Å². The molecule has 2 aromatic carbocycles. The standard InChI is InChI=1S/C18H16N6/c1-12-10-17(20-11-19-12)21-13-6-8-14(9-7-13)22-18-23-15-4-2-3-5-16(15)24-18/h2-11H,1H3,(H,19,20,21)(H2,22,23,24). The first kappa shape index (κ1) is 14.2. The first-order valence-electron chi connectivity index (χ1n) is 7.64. The fraction of sp³-hybridized carbons (Fsp3) is 0.0556. The van der Waals surface area contributed by atoms with Gasteiger partial charge in [0.2, 0.25) is 5.95 Å². The maximum atomic E-state index is 4.51. The van der Waals surface area contributed by atoms with Crippen LogP contribution in [-0.2, 0) is 0 Å². The summed E-state index contributed by atoms with van der Waals surface area (Å²) in [5.74, 6) is 1.50. The molecule has 4 aromatic rings. The third-order valence-electron chi connectivity index (χ3n) is 3.61. The van der Waals surface area contributed by atoms with Crippen molar-refractivity contribution in [3.63, 3.8) is 0 Å². The van der Waals surface area contributed by atoms with Gasteiger partial charge in [0.05, 0.1) is 11.0 Å². The summed E-state index contributed by atoms with van der Waals surface area (Å²) in [4.78, 5) is 16.0. The van der Waals surface area contributed by atoms with Crippen molar-refractivity contribution < 1.29 is 0 Å². The number of benzene rings is 2. The average molecular weight is 316 g/mol. The van der Waals surface area contributed by atoms with Gasteiger partial charge in [-0.3, -0.25) is 0 Å². The van der Waals surface area contributed by atoms with Crippen molar-refractivity contribution in [1.29, 1.82) is 0 Å². The molecule has 0 fully saturated rings. The number of aromatic nitrogens is 4. The van der Waals surface area contributed by atoms with Crippen LogP contribution in [0.3, 0.4) is 0 Å². The molecule has 0 bridgehead atoms. The Labute approximate surface area is 139 Å². The molecule has 0 amide bonds. The molecule has 6 heteroatoms. The van der Waals surface area contributed by atoms with E-state index in [-0.39, 0.29) is 0 Å². The lowest BCUT2D eigenvalue weighted by Gasteiger charge is -2.07. The van der Waals surface area contributed by atoms with Crippen LogP contribution in [0.1, 0.15) is 5.69 Å². The number of fused-ring (bicyclic) bond motifs is 1. The summed E-state index contributed by atoms with van der Waals surface area (Å²) in [6, 6.07) is 17.8. The molecule has 0 saturated carbocycles. The van der Waals surface area contributed by atoms with E-state index >= 15 is 0 Å². The summed E-state index contributed by atoms with van der Waals surface area (Å²) >= 11 is 0. The van der Waals surface area contributed by atoms with Crippen LogP contribution in [0.5, 0.6) is 0 Å². The van der Waals surface area contributed by atoms with E-state index < -0.39 is 0 Å². The molecule has 3 N–H and O–H groups in total. The van der Waals surface area contributed by atoms with Crippen molar-refractivity contribution in [1.82, 2.24) is 19.9 Å². The highest BCUT2D eigenvalue weighted by Gasteiger charge is 2.03. The van der Waals surface area contributed by atoms with Crippen LogP contribution >= 0.6 is 0 Å². The second-order valence-corrected chi connectivity index (χ2v) is 5.47. The van der Waals surface area contributed by atoms with Gasteiger partial charge in [0.15, 0.2) is 0 Å². The SMILES string of the molecule is Cc1cc(Nc2ccc(Nc3nc4ccccc4[nH]3)cc2)ncn1. The Hall–Kier alpha value is -3.41. The molecule has 2 heterocycles. The normalized spacial score (nSPS) is 10.7. The lowest BCUT2D eigenvalue weighted by molar-refractivity contribution is 1.10. The first-order chi connectivity index (χ1) is 11.8. The number of anilines is 4. The Kier molecular flexibility index (Phi) is 3.55. The van der Waals surface area contributed by atoms with E-state index in [1.807, 2.05) is 61.5 Å². The van der Waals surface area contributed by atoms with Crippen molar-refractivity contribution in [3.8, 4) is 0 Å². The Morgan fingerprint density at radius 2 is 1.62 bits per heavy atom. The van der Waals surface area contributed by atoms with E-state index in [4.69, 9.17) is 0 Å². The summed E-state index contributed by atoms with van der Waals surface area (Å²) in [5, 5.41) is 6.53. The van der Waals surface area contributed by atoms with Gasteiger partial charge in [0.1, 0.15) is 12.1 Å². The molecule has 0 aliphatic heterocycles. The van der Waals surface area contributed by atoms with E-state index in [1.54, 1.807) is 6.33 Å². The van der Waals surface area contributed by atoms with Crippen molar-refractivity contribution in [2.45, 2.75) is 6.92 Å². The molecule has 2 aromatic heterocycles. The Morgan fingerprint density at radius 1 is 0.875 bits per heavy atom. The highest BCUT2D eigenvalue weighted by atomic mass is 15.1. The number of imidazole rings is 1. The summed E-state index contributed by atoms with van der Waals surface area (Å²) in [7, 11) is 0. The average Bonchev–Trinajstić information content (AvgIpc) is 2.99. The molecule has 118 valence electrons. The molecule has 0 aliphatic rings. The zero-order valence-corrected chi connectivity index (χ0v) is 13.1. The number of hydrogen-bond donors (Lipinski definition) is 3. The molecule has 24 heavy (non-hydrogen) atoms. The van der Waals surface area contributed by atoms with Gasteiger partial charge < -0.3 is 15.6 Å². The molecule has 0 aliphatic carbocycles. The van der Waals surface area contributed by atoms with Gasteiger partial charge in [-0.25, -0.2) is 15.0 Å². The maximum Gasteiger partial charge on any atom is 0.205 e. The number of aryl methyl sites for hydroxylation is 1. The fourth-order valence-corrected chi connectivity index (χ4v) is 2.46. The number of hydrogen-bond acceptors (Lipinski definition) is 5. The highest BCUT2D eigenvalue weighted by molar-refractivity contribution is 5.78. The van der Waals surface area contributed by atoms with Crippen molar-refractivity contribution in [2.24, 2.45) is 0 Å². The smallest absolute Gasteiger partial charge is 0.205 e. The second kappa shape index (κ2) is 6.00. The number of para-hydroxylation sites is 2. The number of rotatable bonds is 4. The minimum Gasteiger partial charge on any atom is -0.340 e. The van der Waals surface area contributed by atoms with Crippen LogP contribution in [0.2, 0.25) is 0 Å². The molecular weight excluding hydrogens is 300 g/mol.